The van der Waals surface area contributed by atoms with Crippen molar-refractivity contribution in [2.75, 3.05) is 19.0 Å². The SMILES string of the molecule is COc1ccccc1C(=O)NCC(=O)Nc1ccc2c(c1)-c1ccccc1C2. The number of carbonyl (C=O) groups is 2. The Morgan fingerprint density at radius 2 is 1.68 bits per heavy atom. The topological polar surface area (TPSA) is 67.4 Å². The number of amides is 2. The van der Waals surface area contributed by atoms with E-state index >= 15 is 0 Å². The lowest BCUT2D eigenvalue weighted by Gasteiger charge is -2.10. The zero-order valence-corrected chi connectivity index (χ0v) is 15.5. The molecule has 2 N–H and O–H groups in total. The number of para-hydroxylation sites is 1. The lowest BCUT2D eigenvalue weighted by molar-refractivity contribution is -0.115. The van der Waals surface area contributed by atoms with Crippen LogP contribution < -0.4 is 15.4 Å². The standard InChI is InChI=1S/C23H20N2O3/c1-28-21-9-5-4-8-19(21)23(27)24-14-22(26)25-17-11-10-16-12-15-6-2-3-7-18(15)20(16)13-17/h2-11,13H,12,14H2,1H3,(H,24,27)(H,25,26). The largest absolute Gasteiger partial charge is 0.496 e. The van der Waals surface area contributed by atoms with Crippen molar-refractivity contribution in [3.8, 4) is 16.9 Å². The summed E-state index contributed by atoms with van der Waals surface area (Å²) in [6.45, 7) is -0.120. The molecular formula is C23H20N2O3. The average Bonchev–Trinajstić information content (AvgIpc) is 3.10. The van der Waals surface area contributed by atoms with Crippen LogP contribution in [0.25, 0.3) is 11.1 Å². The highest BCUT2D eigenvalue weighted by Crippen LogP contribution is 2.37. The van der Waals surface area contributed by atoms with E-state index in [1.165, 1.54) is 23.8 Å². The lowest BCUT2D eigenvalue weighted by Crippen LogP contribution is -2.33. The molecule has 0 aromatic heterocycles. The summed E-state index contributed by atoms with van der Waals surface area (Å²) in [6.07, 6.45) is 0.911. The van der Waals surface area contributed by atoms with Crippen LogP contribution in [0.1, 0.15) is 21.5 Å². The molecule has 0 saturated carbocycles. The van der Waals surface area contributed by atoms with Gasteiger partial charge in [0.05, 0.1) is 19.2 Å². The summed E-state index contributed by atoms with van der Waals surface area (Å²) in [6, 6.07) is 21.1. The molecule has 0 atom stereocenters. The minimum atomic E-state index is -0.351. The van der Waals surface area contributed by atoms with Gasteiger partial charge in [0.15, 0.2) is 0 Å². The summed E-state index contributed by atoms with van der Waals surface area (Å²) in [5.74, 6) is -0.164. The molecule has 0 radical (unpaired) electrons. The van der Waals surface area contributed by atoms with Gasteiger partial charge in [-0.2, -0.15) is 0 Å². The second kappa shape index (κ2) is 7.56. The van der Waals surface area contributed by atoms with Crippen LogP contribution in [0.5, 0.6) is 5.75 Å². The molecule has 0 heterocycles. The van der Waals surface area contributed by atoms with Gasteiger partial charge in [-0.15, -0.1) is 0 Å². The van der Waals surface area contributed by atoms with Crippen molar-refractivity contribution >= 4 is 17.5 Å². The summed E-state index contributed by atoms with van der Waals surface area (Å²) in [4.78, 5) is 24.6. The zero-order chi connectivity index (χ0) is 19.5. The van der Waals surface area contributed by atoms with Gasteiger partial charge in [0, 0.05) is 5.69 Å². The molecule has 1 aliphatic carbocycles. The summed E-state index contributed by atoms with van der Waals surface area (Å²) in [7, 11) is 1.50. The van der Waals surface area contributed by atoms with E-state index in [1.807, 2.05) is 30.3 Å². The number of methoxy groups -OCH3 is 1. The molecule has 140 valence electrons. The first-order chi connectivity index (χ1) is 13.7. The number of nitrogens with one attached hydrogen (secondary N) is 2. The van der Waals surface area contributed by atoms with E-state index in [-0.39, 0.29) is 18.4 Å². The van der Waals surface area contributed by atoms with Crippen LogP contribution >= 0.6 is 0 Å². The molecule has 4 rings (SSSR count). The molecule has 0 saturated heterocycles. The molecule has 1 aliphatic rings. The molecule has 2 amide bonds. The van der Waals surface area contributed by atoms with E-state index in [2.05, 4.69) is 22.8 Å². The van der Waals surface area contributed by atoms with Gasteiger partial charge in [0.25, 0.3) is 5.91 Å². The molecule has 5 nitrogen and oxygen atoms in total. The fourth-order valence-electron chi connectivity index (χ4n) is 3.49. The highest BCUT2D eigenvalue weighted by molar-refractivity contribution is 6.01. The third kappa shape index (κ3) is 3.47. The third-order valence-electron chi connectivity index (χ3n) is 4.84. The van der Waals surface area contributed by atoms with Crippen molar-refractivity contribution in [3.05, 3.63) is 83.4 Å². The second-order valence-corrected chi connectivity index (χ2v) is 6.64. The van der Waals surface area contributed by atoms with Gasteiger partial charge < -0.3 is 15.4 Å². The normalized spacial score (nSPS) is 11.3. The van der Waals surface area contributed by atoms with Crippen LogP contribution in [0, 0.1) is 0 Å². The van der Waals surface area contributed by atoms with Crippen LogP contribution in [-0.2, 0) is 11.2 Å². The van der Waals surface area contributed by atoms with E-state index in [9.17, 15) is 9.59 Å². The quantitative estimate of drug-likeness (QED) is 0.562. The molecule has 0 bridgehead atoms. The number of benzene rings is 3. The Balaban J connectivity index is 1.41. The average molecular weight is 372 g/mol. The number of anilines is 1. The first-order valence-corrected chi connectivity index (χ1v) is 9.08. The van der Waals surface area contributed by atoms with Gasteiger partial charge in [0.2, 0.25) is 5.91 Å². The van der Waals surface area contributed by atoms with Crippen molar-refractivity contribution in [1.29, 1.82) is 0 Å². The van der Waals surface area contributed by atoms with E-state index in [0.29, 0.717) is 17.0 Å². The summed E-state index contributed by atoms with van der Waals surface area (Å²) in [5, 5.41) is 5.48. The first-order valence-electron chi connectivity index (χ1n) is 9.08. The maximum Gasteiger partial charge on any atom is 0.255 e. The fraction of sp³-hybridized carbons (Fsp3) is 0.130. The van der Waals surface area contributed by atoms with Crippen molar-refractivity contribution in [2.45, 2.75) is 6.42 Å². The van der Waals surface area contributed by atoms with E-state index in [0.717, 1.165) is 12.0 Å². The Labute approximate surface area is 163 Å². The van der Waals surface area contributed by atoms with E-state index < -0.39 is 0 Å². The number of hydrogen-bond donors (Lipinski definition) is 2. The number of carbonyl (C=O) groups excluding carboxylic acids is 2. The summed E-state index contributed by atoms with van der Waals surface area (Å²) in [5.41, 5.74) is 6.01. The van der Waals surface area contributed by atoms with Crippen LogP contribution in [0.3, 0.4) is 0 Å². The maximum atomic E-state index is 12.3. The van der Waals surface area contributed by atoms with Gasteiger partial charge in [-0.25, -0.2) is 0 Å². The lowest BCUT2D eigenvalue weighted by atomic mass is 10.1. The van der Waals surface area contributed by atoms with Crippen LogP contribution in [0.2, 0.25) is 0 Å². The number of fused-ring (bicyclic) bond motifs is 3. The Bertz CT molecular complexity index is 1060. The van der Waals surface area contributed by atoms with Gasteiger partial charge in [-0.3, -0.25) is 9.59 Å². The highest BCUT2D eigenvalue weighted by Gasteiger charge is 2.18. The summed E-state index contributed by atoms with van der Waals surface area (Å²) < 4.78 is 5.18. The van der Waals surface area contributed by atoms with Crippen LogP contribution in [0.4, 0.5) is 5.69 Å². The van der Waals surface area contributed by atoms with Crippen LogP contribution in [0.15, 0.2) is 66.7 Å². The molecule has 0 spiro atoms. The predicted octanol–water partition coefficient (Wildman–Crippen LogP) is 3.63. The van der Waals surface area contributed by atoms with E-state index in [1.54, 1.807) is 24.3 Å². The molecule has 3 aromatic carbocycles. The van der Waals surface area contributed by atoms with Gasteiger partial charge in [0.1, 0.15) is 5.75 Å². The highest BCUT2D eigenvalue weighted by atomic mass is 16.5. The van der Waals surface area contributed by atoms with Crippen molar-refractivity contribution < 1.29 is 14.3 Å². The van der Waals surface area contributed by atoms with Crippen molar-refractivity contribution in [2.24, 2.45) is 0 Å². The fourth-order valence-corrected chi connectivity index (χ4v) is 3.49. The molecule has 5 heteroatoms. The van der Waals surface area contributed by atoms with Crippen molar-refractivity contribution in [3.63, 3.8) is 0 Å². The Morgan fingerprint density at radius 1 is 0.929 bits per heavy atom. The molecule has 0 fully saturated rings. The zero-order valence-electron chi connectivity index (χ0n) is 15.5. The molecule has 28 heavy (non-hydrogen) atoms. The number of rotatable bonds is 5. The number of hydrogen-bond acceptors (Lipinski definition) is 3. The molecular weight excluding hydrogens is 352 g/mol. The molecule has 0 unspecified atom stereocenters. The Hall–Kier alpha value is -3.60. The third-order valence-corrected chi connectivity index (χ3v) is 4.84. The minimum absolute atomic E-state index is 0.120. The second-order valence-electron chi connectivity index (χ2n) is 6.64. The predicted molar refractivity (Wildman–Crippen MR) is 109 cm³/mol. The van der Waals surface area contributed by atoms with Gasteiger partial charge >= 0.3 is 0 Å². The van der Waals surface area contributed by atoms with Crippen molar-refractivity contribution in [1.82, 2.24) is 5.32 Å². The molecule has 3 aromatic rings. The number of ether oxygens (including phenoxy) is 1. The van der Waals surface area contributed by atoms with E-state index in [4.69, 9.17) is 4.74 Å². The van der Waals surface area contributed by atoms with Gasteiger partial charge in [-0.05, 0) is 52.9 Å². The van der Waals surface area contributed by atoms with Gasteiger partial charge in [-0.1, -0.05) is 42.5 Å². The monoisotopic (exact) mass is 372 g/mol. The Morgan fingerprint density at radius 3 is 2.54 bits per heavy atom. The Kier molecular flexibility index (Phi) is 4.81. The van der Waals surface area contributed by atoms with Crippen LogP contribution in [-0.4, -0.2) is 25.5 Å². The first kappa shape index (κ1) is 17.8. The molecule has 0 aliphatic heterocycles. The summed E-state index contributed by atoms with van der Waals surface area (Å²) >= 11 is 0. The smallest absolute Gasteiger partial charge is 0.255 e. The minimum Gasteiger partial charge on any atom is -0.496 e. The maximum absolute atomic E-state index is 12.3.